The highest BCUT2D eigenvalue weighted by Crippen LogP contribution is 2.13. The molecule has 9 heteroatoms. The Labute approximate surface area is 103 Å². The van der Waals surface area contributed by atoms with E-state index in [1.807, 2.05) is 0 Å². The van der Waals surface area contributed by atoms with Gasteiger partial charge in [-0.15, -0.1) is 0 Å². The van der Waals surface area contributed by atoms with Crippen LogP contribution in [0.1, 0.15) is 17.0 Å². The first kappa shape index (κ1) is 14.2. The lowest BCUT2D eigenvalue weighted by atomic mass is 10.4. The number of methoxy groups -OCH3 is 1. The number of hydrogen-bond acceptors (Lipinski definition) is 6. The number of carbonyl (C=O) groups excluding carboxylic acids is 1. The van der Waals surface area contributed by atoms with Crippen molar-refractivity contribution in [3.63, 3.8) is 0 Å². The number of sulfonamides is 1. The Morgan fingerprint density at radius 1 is 1.44 bits per heavy atom. The molecule has 0 bridgehead atoms. The number of furan rings is 1. The molecule has 0 aliphatic heterocycles. The summed E-state index contributed by atoms with van der Waals surface area (Å²) in [6.07, 6.45) is -0.137. The molecule has 0 radical (unpaired) electrons. The zero-order valence-corrected chi connectivity index (χ0v) is 10.2. The Kier molecular flexibility index (Phi) is 4.45. The van der Waals surface area contributed by atoms with Crippen LogP contribution in [0.2, 0.25) is 0 Å². The first-order valence-electron chi connectivity index (χ1n) is 4.76. The van der Waals surface area contributed by atoms with Crippen LogP contribution in [0.4, 0.5) is 0 Å². The van der Waals surface area contributed by atoms with E-state index in [2.05, 4.69) is 13.9 Å². The number of esters is 1. The van der Waals surface area contributed by atoms with Gasteiger partial charge in [-0.2, -0.15) is 0 Å². The molecule has 0 spiro atoms. The number of nitrogens with one attached hydrogen (secondary N) is 1. The molecule has 8 nitrogen and oxygen atoms in total. The predicted octanol–water partition coefficient (Wildman–Crippen LogP) is -0.181. The van der Waals surface area contributed by atoms with Gasteiger partial charge in [0.2, 0.25) is 10.9 Å². The maximum atomic E-state index is 11.6. The van der Waals surface area contributed by atoms with Crippen molar-refractivity contribution >= 4 is 22.0 Å². The second-order valence-electron chi connectivity index (χ2n) is 3.15. The minimum atomic E-state index is -3.96. The highest BCUT2D eigenvalue weighted by molar-refractivity contribution is 7.89. The van der Waals surface area contributed by atoms with Gasteiger partial charge < -0.3 is 14.3 Å². The first-order valence-corrected chi connectivity index (χ1v) is 6.25. The van der Waals surface area contributed by atoms with Gasteiger partial charge in [0, 0.05) is 6.54 Å². The Hall–Kier alpha value is -1.87. The number of carboxylic acids is 1. The molecule has 100 valence electrons. The van der Waals surface area contributed by atoms with Gasteiger partial charge in [-0.05, 0) is 12.1 Å². The number of hydrogen-bond donors (Lipinski definition) is 2. The monoisotopic (exact) mass is 277 g/mol. The van der Waals surface area contributed by atoms with E-state index in [9.17, 15) is 18.0 Å². The number of carbonyl (C=O) groups is 2. The molecule has 0 saturated heterocycles. The second kappa shape index (κ2) is 5.65. The highest BCUT2D eigenvalue weighted by Gasteiger charge is 2.20. The Balaban J connectivity index is 2.68. The number of ether oxygens (including phenoxy) is 1. The van der Waals surface area contributed by atoms with Crippen molar-refractivity contribution in [2.75, 3.05) is 13.7 Å². The summed E-state index contributed by atoms with van der Waals surface area (Å²) >= 11 is 0. The molecule has 0 fully saturated rings. The van der Waals surface area contributed by atoms with E-state index in [4.69, 9.17) is 5.11 Å². The van der Waals surface area contributed by atoms with Crippen LogP contribution >= 0.6 is 0 Å². The fourth-order valence-electron chi connectivity index (χ4n) is 1.04. The molecule has 2 N–H and O–H groups in total. The molecule has 0 aliphatic carbocycles. The van der Waals surface area contributed by atoms with Crippen molar-refractivity contribution in [2.24, 2.45) is 0 Å². The standard InChI is InChI=1S/C9H11NO7S/c1-16-7(11)4-5-10-18(14,15)8-3-2-6(17-8)9(12)13/h2-3,10H,4-5H2,1H3,(H,12,13). The molecule has 0 atom stereocenters. The van der Waals surface area contributed by atoms with Crippen molar-refractivity contribution in [1.29, 1.82) is 0 Å². The van der Waals surface area contributed by atoms with E-state index in [1.165, 1.54) is 7.11 Å². The highest BCUT2D eigenvalue weighted by atomic mass is 32.2. The van der Waals surface area contributed by atoms with Crippen LogP contribution < -0.4 is 4.72 Å². The summed E-state index contributed by atoms with van der Waals surface area (Å²) in [5, 5.41) is 8.05. The van der Waals surface area contributed by atoms with Gasteiger partial charge in [0.15, 0.2) is 0 Å². The smallest absolute Gasteiger partial charge is 0.371 e. The van der Waals surface area contributed by atoms with Crippen molar-refractivity contribution < 1.29 is 32.3 Å². The van der Waals surface area contributed by atoms with E-state index < -0.39 is 32.8 Å². The number of aromatic carboxylic acids is 1. The normalized spacial score (nSPS) is 11.2. The van der Waals surface area contributed by atoms with Gasteiger partial charge in [-0.1, -0.05) is 0 Å². The van der Waals surface area contributed by atoms with Crippen molar-refractivity contribution in [3.05, 3.63) is 17.9 Å². The van der Waals surface area contributed by atoms with Gasteiger partial charge in [0.25, 0.3) is 10.0 Å². The zero-order chi connectivity index (χ0) is 13.8. The summed E-state index contributed by atoms with van der Waals surface area (Å²) in [5.74, 6) is -2.42. The van der Waals surface area contributed by atoms with Gasteiger partial charge >= 0.3 is 11.9 Å². The quantitative estimate of drug-likeness (QED) is 0.691. The number of carboxylic acid groups (broad SMARTS) is 1. The van der Waals surface area contributed by atoms with Crippen LogP contribution in [-0.4, -0.2) is 39.1 Å². The fourth-order valence-corrected chi connectivity index (χ4v) is 2.00. The lowest BCUT2D eigenvalue weighted by Crippen LogP contribution is -2.26. The molecule has 0 amide bonds. The van der Waals surface area contributed by atoms with Crippen molar-refractivity contribution in [1.82, 2.24) is 4.72 Å². The van der Waals surface area contributed by atoms with Gasteiger partial charge in [0.05, 0.1) is 13.5 Å². The topological polar surface area (TPSA) is 123 Å². The van der Waals surface area contributed by atoms with Crippen molar-refractivity contribution in [3.8, 4) is 0 Å². The molecule has 0 saturated carbocycles. The summed E-state index contributed by atoms with van der Waals surface area (Å²) in [6, 6.07) is 2.04. The third-order valence-electron chi connectivity index (χ3n) is 1.91. The van der Waals surface area contributed by atoms with E-state index in [0.717, 1.165) is 12.1 Å². The average Bonchev–Trinajstić information content (AvgIpc) is 2.78. The Morgan fingerprint density at radius 2 is 2.11 bits per heavy atom. The summed E-state index contributed by atoms with van der Waals surface area (Å²) in [6.45, 7) is -0.169. The summed E-state index contributed by atoms with van der Waals surface area (Å²) in [4.78, 5) is 21.3. The fraction of sp³-hybridized carbons (Fsp3) is 0.333. The van der Waals surface area contributed by atoms with Crippen molar-refractivity contribution in [2.45, 2.75) is 11.5 Å². The maximum absolute atomic E-state index is 11.6. The Bertz CT molecular complexity index is 545. The van der Waals surface area contributed by atoms with E-state index in [0.29, 0.717) is 0 Å². The van der Waals surface area contributed by atoms with E-state index in [-0.39, 0.29) is 13.0 Å². The van der Waals surface area contributed by atoms with E-state index in [1.54, 1.807) is 0 Å². The minimum Gasteiger partial charge on any atom is -0.475 e. The van der Waals surface area contributed by atoms with Gasteiger partial charge in [-0.25, -0.2) is 17.9 Å². The van der Waals surface area contributed by atoms with Crippen LogP contribution in [0.5, 0.6) is 0 Å². The molecule has 1 rings (SSSR count). The summed E-state index contributed by atoms with van der Waals surface area (Å²) in [5.41, 5.74) is 0. The number of rotatable bonds is 6. The molecule has 1 aromatic heterocycles. The third kappa shape index (κ3) is 3.57. The maximum Gasteiger partial charge on any atom is 0.371 e. The molecular formula is C9H11NO7S. The molecular weight excluding hydrogens is 266 g/mol. The Morgan fingerprint density at radius 3 is 2.61 bits per heavy atom. The lowest BCUT2D eigenvalue weighted by Gasteiger charge is -2.02. The molecule has 0 aromatic carbocycles. The van der Waals surface area contributed by atoms with E-state index >= 15 is 0 Å². The van der Waals surface area contributed by atoms with Gasteiger partial charge in [0.1, 0.15) is 0 Å². The lowest BCUT2D eigenvalue weighted by molar-refractivity contribution is -0.140. The largest absolute Gasteiger partial charge is 0.475 e. The van der Waals surface area contributed by atoms with Crippen LogP contribution in [0, 0.1) is 0 Å². The molecule has 0 unspecified atom stereocenters. The molecule has 0 aliphatic rings. The molecule has 1 heterocycles. The third-order valence-corrected chi connectivity index (χ3v) is 3.24. The van der Waals surface area contributed by atoms with Crippen LogP contribution in [0.25, 0.3) is 0 Å². The summed E-state index contributed by atoms with van der Waals surface area (Å²) in [7, 11) is -2.78. The van der Waals surface area contributed by atoms with Crippen LogP contribution in [-0.2, 0) is 19.6 Å². The van der Waals surface area contributed by atoms with Crippen LogP contribution in [0.3, 0.4) is 0 Å². The van der Waals surface area contributed by atoms with Crippen LogP contribution in [0.15, 0.2) is 21.6 Å². The van der Waals surface area contributed by atoms with Gasteiger partial charge in [-0.3, -0.25) is 4.79 Å². The zero-order valence-electron chi connectivity index (χ0n) is 9.37. The first-order chi connectivity index (χ1) is 8.36. The SMILES string of the molecule is COC(=O)CCNS(=O)(=O)c1ccc(C(=O)O)o1. The minimum absolute atomic E-state index is 0.137. The second-order valence-corrected chi connectivity index (χ2v) is 4.85. The molecule has 18 heavy (non-hydrogen) atoms. The predicted molar refractivity (Wildman–Crippen MR) is 57.5 cm³/mol. The average molecular weight is 277 g/mol. The molecule has 1 aromatic rings. The summed E-state index contributed by atoms with van der Waals surface area (Å²) < 4.78 is 34.2.